The van der Waals surface area contributed by atoms with Gasteiger partial charge in [-0.1, -0.05) is 12.8 Å². The quantitative estimate of drug-likeness (QED) is 0.667. The van der Waals surface area contributed by atoms with Crippen molar-refractivity contribution in [3.05, 3.63) is 46.7 Å². The third-order valence-electron chi connectivity index (χ3n) is 5.34. The zero-order valence-electron chi connectivity index (χ0n) is 16.0. The van der Waals surface area contributed by atoms with Gasteiger partial charge in [0.15, 0.2) is 5.58 Å². The number of benzene rings is 1. The summed E-state index contributed by atoms with van der Waals surface area (Å²) in [6.07, 6.45) is 5.33. The summed E-state index contributed by atoms with van der Waals surface area (Å²) in [7, 11) is -1.94. The normalized spacial score (nSPS) is 19.1. The van der Waals surface area contributed by atoms with Crippen LogP contribution in [-0.4, -0.2) is 33.6 Å². The monoisotopic (exact) mass is 404 g/mol. The summed E-state index contributed by atoms with van der Waals surface area (Å²) < 4.78 is 37.0. The van der Waals surface area contributed by atoms with Crippen LogP contribution in [0.4, 0.5) is 0 Å². The van der Waals surface area contributed by atoms with Gasteiger partial charge in [0.2, 0.25) is 10.0 Å². The van der Waals surface area contributed by atoms with Gasteiger partial charge in [0.1, 0.15) is 0 Å². The molecule has 0 amide bonds. The number of aryl methyl sites for hydroxylation is 2. The van der Waals surface area contributed by atoms with Gasteiger partial charge in [0.25, 0.3) is 0 Å². The van der Waals surface area contributed by atoms with Crippen LogP contribution in [0.5, 0.6) is 0 Å². The van der Waals surface area contributed by atoms with Crippen LogP contribution < -0.4 is 5.76 Å². The summed E-state index contributed by atoms with van der Waals surface area (Å²) in [5.74, 6) is -0.479. The minimum absolute atomic E-state index is 0.139. The lowest BCUT2D eigenvalue weighted by Gasteiger charge is -2.28. The molecule has 1 saturated heterocycles. The number of hydrogen-bond acceptors (Lipinski definition) is 5. The molecule has 0 unspecified atom stereocenters. The standard InChI is InChI=1S/C19H24N4O4S/c1-3-22-17-9-8-14(13-18(17)27-19(22)24)28(25,26)23-11-6-4-5-7-16(23)15-10-12-21(2)20-15/h8-10,12-13,16H,3-7,11H2,1-2H3/t16-/m1/s1. The largest absolute Gasteiger partial charge is 0.419 e. The molecule has 8 nitrogen and oxygen atoms in total. The van der Waals surface area contributed by atoms with Crippen LogP contribution in [0.3, 0.4) is 0 Å². The Morgan fingerprint density at radius 3 is 2.75 bits per heavy atom. The second kappa shape index (κ2) is 7.21. The van der Waals surface area contributed by atoms with Crippen LogP contribution in [0.25, 0.3) is 11.1 Å². The molecule has 1 fully saturated rings. The highest BCUT2D eigenvalue weighted by atomic mass is 32.2. The number of fused-ring (bicyclic) bond motifs is 1. The average Bonchev–Trinajstić information content (AvgIpc) is 3.12. The van der Waals surface area contributed by atoms with Gasteiger partial charge in [-0.25, -0.2) is 13.2 Å². The molecule has 9 heteroatoms. The van der Waals surface area contributed by atoms with E-state index >= 15 is 0 Å². The van der Waals surface area contributed by atoms with E-state index in [0.717, 1.165) is 31.4 Å². The summed E-state index contributed by atoms with van der Waals surface area (Å²) in [5.41, 5.74) is 1.65. The Balaban J connectivity index is 1.78. The molecule has 4 rings (SSSR count). The van der Waals surface area contributed by atoms with Crippen molar-refractivity contribution in [1.29, 1.82) is 0 Å². The maximum absolute atomic E-state index is 13.5. The number of nitrogens with zero attached hydrogens (tertiary/aromatic N) is 4. The maximum atomic E-state index is 13.5. The lowest BCUT2D eigenvalue weighted by Crippen LogP contribution is -2.35. The molecule has 0 saturated carbocycles. The third kappa shape index (κ3) is 3.18. The van der Waals surface area contributed by atoms with Crippen LogP contribution >= 0.6 is 0 Å². The second-order valence-corrected chi connectivity index (χ2v) is 9.03. The Bertz CT molecular complexity index is 1160. The van der Waals surface area contributed by atoms with Gasteiger partial charge in [0, 0.05) is 32.4 Å². The summed E-state index contributed by atoms with van der Waals surface area (Å²) >= 11 is 0. The Labute approximate surface area is 163 Å². The van der Waals surface area contributed by atoms with Crippen molar-refractivity contribution in [2.45, 2.75) is 50.1 Å². The van der Waals surface area contributed by atoms with E-state index in [-0.39, 0.29) is 16.5 Å². The fraction of sp³-hybridized carbons (Fsp3) is 0.474. The van der Waals surface area contributed by atoms with E-state index in [1.165, 1.54) is 10.6 Å². The van der Waals surface area contributed by atoms with Crippen molar-refractivity contribution >= 4 is 21.1 Å². The molecule has 3 heterocycles. The van der Waals surface area contributed by atoms with E-state index in [1.807, 2.05) is 26.2 Å². The summed E-state index contributed by atoms with van der Waals surface area (Å²) in [6.45, 7) is 2.75. The van der Waals surface area contributed by atoms with E-state index in [9.17, 15) is 13.2 Å². The smallest absolute Gasteiger partial charge is 0.408 e. The van der Waals surface area contributed by atoms with Gasteiger partial charge in [0.05, 0.1) is 22.1 Å². The molecule has 2 aromatic heterocycles. The molecular formula is C19H24N4O4S. The predicted molar refractivity (Wildman–Crippen MR) is 104 cm³/mol. The zero-order chi connectivity index (χ0) is 19.9. The van der Waals surface area contributed by atoms with Crippen molar-refractivity contribution in [3.8, 4) is 0 Å². The zero-order valence-corrected chi connectivity index (χ0v) is 16.9. The number of oxazole rings is 1. The molecule has 0 bridgehead atoms. The van der Waals surface area contributed by atoms with Crippen LogP contribution in [0.15, 0.2) is 44.6 Å². The second-order valence-electron chi connectivity index (χ2n) is 7.14. The van der Waals surface area contributed by atoms with E-state index < -0.39 is 15.8 Å². The van der Waals surface area contributed by atoms with Gasteiger partial charge >= 0.3 is 5.76 Å². The molecule has 0 aliphatic carbocycles. The van der Waals surface area contributed by atoms with Crippen LogP contribution in [0.1, 0.15) is 44.3 Å². The highest BCUT2D eigenvalue weighted by Gasteiger charge is 2.35. The summed E-state index contributed by atoms with van der Waals surface area (Å²) in [6, 6.07) is 6.24. The van der Waals surface area contributed by atoms with Gasteiger partial charge in [-0.15, -0.1) is 0 Å². The van der Waals surface area contributed by atoms with Crippen molar-refractivity contribution < 1.29 is 12.8 Å². The molecule has 1 aliphatic heterocycles. The van der Waals surface area contributed by atoms with Gasteiger partial charge in [-0.2, -0.15) is 9.40 Å². The first-order valence-electron chi connectivity index (χ1n) is 9.56. The Hall–Kier alpha value is -2.39. The number of aromatic nitrogens is 3. The topological polar surface area (TPSA) is 90.3 Å². The summed E-state index contributed by atoms with van der Waals surface area (Å²) in [5, 5.41) is 4.46. The van der Waals surface area contributed by atoms with Crippen molar-refractivity contribution in [1.82, 2.24) is 18.7 Å². The van der Waals surface area contributed by atoms with E-state index in [2.05, 4.69) is 5.10 Å². The van der Waals surface area contributed by atoms with Gasteiger partial charge < -0.3 is 4.42 Å². The van der Waals surface area contributed by atoms with E-state index in [4.69, 9.17) is 4.42 Å². The fourth-order valence-electron chi connectivity index (χ4n) is 3.92. The molecule has 3 aromatic rings. The van der Waals surface area contributed by atoms with Crippen molar-refractivity contribution in [2.75, 3.05) is 6.54 Å². The van der Waals surface area contributed by atoms with Crippen molar-refractivity contribution in [3.63, 3.8) is 0 Å². The highest BCUT2D eigenvalue weighted by molar-refractivity contribution is 7.89. The minimum Gasteiger partial charge on any atom is -0.408 e. The number of rotatable bonds is 4. The SMILES string of the molecule is CCn1c(=O)oc2cc(S(=O)(=O)N3CCCCC[C@@H]3c3ccn(C)n3)ccc21. The maximum Gasteiger partial charge on any atom is 0.419 e. The van der Waals surface area contributed by atoms with Crippen molar-refractivity contribution in [2.24, 2.45) is 7.05 Å². The average molecular weight is 404 g/mol. The first-order chi connectivity index (χ1) is 13.4. The molecule has 150 valence electrons. The first-order valence-corrected chi connectivity index (χ1v) is 11.0. The lowest BCUT2D eigenvalue weighted by atomic mass is 10.1. The molecular weight excluding hydrogens is 380 g/mol. The Kier molecular flexibility index (Phi) is 4.88. The number of hydrogen-bond donors (Lipinski definition) is 0. The van der Waals surface area contributed by atoms with E-state index in [0.29, 0.717) is 18.6 Å². The van der Waals surface area contributed by atoms with Crippen LogP contribution in [0.2, 0.25) is 0 Å². The van der Waals surface area contributed by atoms with Gasteiger partial charge in [-0.05, 0) is 38.0 Å². The minimum atomic E-state index is -3.76. The molecule has 1 aromatic carbocycles. The Morgan fingerprint density at radius 1 is 1.21 bits per heavy atom. The van der Waals surface area contributed by atoms with Crippen LogP contribution in [-0.2, 0) is 23.6 Å². The molecule has 0 radical (unpaired) electrons. The van der Waals surface area contributed by atoms with E-state index in [1.54, 1.807) is 21.1 Å². The molecule has 1 atom stereocenters. The third-order valence-corrected chi connectivity index (χ3v) is 7.25. The van der Waals surface area contributed by atoms with Crippen LogP contribution in [0, 0.1) is 0 Å². The molecule has 0 N–H and O–H groups in total. The first kappa shape index (κ1) is 18.9. The summed E-state index contributed by atoms with van der Waals surface area (Å²) in [4.78, 5) is 12.1. The molecule has 0 spiro atoms. The molecule has 1 aliphatic rings. The Morgan fingerprint density at radius 2 is 2.04 bits per heavy atom. The predicted octanol–water partition coefficient (Wildman–Crippen LogP) is 2.65. The van der Waals surface area contributed by atoms with Gasteiger partial charge in [-0.3, -0.25) is 9.25 Å². The fourth-order valence-corrected chi connectivity index (χ4v) is 5.60. The number of sulfonamides is 1. The highest BCUT2D eigenvalue weighted by Crippen LogP contribution is 2.34. The lowest BCUT2D eigenvalue weighted by molar-refractivity contribution is 0.321. The molecule has 28 heavy (non-hydrogen) atoms.